The van der Waals surface area contributed by atoms with E-state index in [1.54, 1.807) is 0 Å². The van der Waals surface area contributed by atoms with Gasteiger partial charge in [0.05, 0.1) is 22.1 Å². The van der Waals surface area contributed by atoms with Crippen LogP contribution in [-0.2, 0) is 0 Å². The molecular formula is C47H29N5. The Morgan fingerprint density at radius 2 is 0.788 bits per heavy atom. The molecule has 52 heavy (non-hydrogen) atoms. The van der Waals surface area contributed by atoms with Gasteiger partial charge in [0.25, 0.3) is 0 Å². The molecule has 11 rings (SSSR count). The summed E-state index contributed by atoms with van der Waals surface area (Å²) in [7, 11) is 0. The first-order valence-electron chi connectivity index (χ1n) is 17.6. The fourth-order valence-corrected chi connectivity index (χ4v) is 8.18. The van der Waals surface area contributed by atoms with Crippen molar-refractivity contribution in [3.8, 4) is 34.4 Å². The Labute approximate surface area is 298 Å². The van der Waals surface area contributed by atoms with Crippen LogP contribution in [0.1, 0.15) is 0 Å². The van der Waals surface area contributed by atoms with Crippen LogP contribution in [0, 0.1) is 0 Å². The second kappa shape index (κ2) is 11.2. The molecule has 8 aromatic carbocycles. The molecule has 0 saturated heterocycles. The molecular weight excluding hydrogens is 635 g/mol. The molecule has 5 heteroatoms. The maximum atomic E-state index is 5.19. The minimum atomic E-state index is 0.584. The molecule has 0 N–H and O–H groups in total. The van der Waals surface area contributed by atoms with Gasteiger partial charge in [-0.1, -0.05) is 146 Å². The zero-order chi connectivity index (χ0) is 34.2. The lowest BCUT2D eigenvalue weighted by Crippen LogP contribution is -2.06. The number of aromatic nitrogens is 5. The molecule has 0 bridgehead atoms. The Balaban J connectivity index is 1.34. The van der Waals surface area contributed by atoms with Gasteiger partial charge in [-0.2, -0.15) is 9.97 Å². The average Bonchev–Trinajstić information content (AvgIpc) is 3.75. The third-order valence-corrected chi connectivity index (χ3v) is 10.3. The van der Waals surface area contributed by atoms with Crippen LogP contribution in [0.3, 0.4) is 0 Å². The summed E-state index contributed by atoms with van der Waals surface area (Å²) in [5.41, 5.74) is 7.46. The standard InChI is InChI=1S/C47H29N5/c1-4-16-30(17-5-1)45-48-46(31-18-6-2-7-19-31)50-47(49-45)52-38-27-15-14-26-37(38)41-39(52)28-29-40-43(41)42-35-24-12-10-22-33(35)34-23-11-13-25-36(34)44(42)51(40)32-20-8-3-9-21-32/h1-29H. The highest BCUT2D eigenvalue weighted by Crippen LogP contribution is 2.47. The normalized spacial score (nSPS) is 11.8. The Kier molecular flexibility index (Phi) is 6.18. The molecule has 242 valence electrons. The summed E-state index contributed by atoms with van der Waals surface area (Å²) in [6.07, 6.45) is 0. The van der Waals surface area contributed by atoms with Crippen LogP contribution in [0.2, 0.25) is 0 Å². The maximum Gasteiger partial charge on any atom is 0.238 e. The number of fused-ring (bicyclic) bond motifs is 12. The van der Waals surface area contributed by atoms with E-state index in [1.165, 1.54) is 43.2 Å². The second-order valence-corrected chi connectivity index (χ2v) is 13.2. The fraction of sp³-hybridized carbons (Fsp3) is 0. The topological polar surface area (TPSA) is 48.5 Å². The Morgan fingerprint density at radius 1 is 0.308 bits per heavy atom. The van der Waals surface area contributed by atoms with Gasteiger partial charge >= 0.3 is 0 Å². The van der Waals surface area contributed by atoms with Gasteiger partial charge in [-0.15, -0.1) is 0 Å². The van der Waals surface area contributed by atoms with Gasteiger partial charge in [-0.3, -0.25) is 4.57 Å². The molecule has 0 aliphatic carbocycles. The van der Waals surface area contributed by atoms with Gasteiger partial charge in [-0.25, -0.2) is 4.98 Å². The highest BCUT2D eigenvalue weighted by molar-refractivity contribution is 6.38. The quantitative estimate of drug-likeness (QED) is 0.176. The maximum absolute atomic E-state index is 5.19. The molecule has 3 aromatic heterocycles. The minimum Gasteiger partial charge on any atom is -0.309 e. The van der Waals surface area contributed by atoms with Crippen LogP contribution >= 0.6 is 0 Å². The third-order valence-electron chi connectivity index (χ3n) is 10.3. The predicted molar refractivity (Wildman–Crippen MR) is 214 cm³/mol. The van der Waals surface area contributed by atoms with E-state index in [0.29, 0.717) is 17.6 Å². The summed E-state index contributed by atoms with van der Waals surface area (Å²) in [4.78, 5) is 15.4. The lowest BCUT2D eigenvalue weighted by molar-refractivity contribution is 0.953. The Hall–Kier alpha value is -7.11. The third kappa shape index (κ3) is 4.14. The first-order valence-corrected chi connectivity index (χ1v) is 17.6. The van der Waals surface area contributed by atoms with E-state index in [9.17, 15) is 0 Å². The number of benzene rings is 8. The molecule has 0 fully saturated rings. The van der Waals surface area contributed by atoms with Crippen molar-refractivity contribution >= 4 is 65.2 Å². The zero-order valence-electron chi connectivity index (χ0n) is 28.0. The van der Waals surface area contributed by atoms with Crippen LogP contribution in [-0.4, -0.2) is 24.1 Å². The second-order valence-electron chi connectivity index (χ2n) is 13.2. The van der Waals surface area contributed by atoms with Gasteiger partial charge in [0.15, 0.2) is 11.6 Å². The lowest BCUT2D eigenvalue weighted by atomic mass is 9.95. The van der Waals surface area contributed by atoms with E-state index in [4.69, 9.17) is 15.0 Å². The van der Waals surface area contributed by atoms with Gasteiger partial charge in [0.2, 0.25) is 5.95 Å². The highest BCUT2D eigenvalue weighted by atomic mass is 15.2. The summed E-state index contributed by atoms with van der Waals surface area (Å²) in [5, 5.41) is 9.74. The van der Waals surface area contributed by atoms with Crippen LogP contribution in [0.5, 0.6) is 0 Å². The molecule has 0 spiro atoms. The summed E-state index contributed by atoms with van der Waals surface area (Å²) < 4.78 is 4.68. The number of para-hydroxylation sites is 2. The number of hydrogen-bond acceptors (Lipinski definition) is 3. The molecule has 0 atom stereocenters. The van der Waals surface area contributed by atoms with E-state index in [2.05, 4.69) is 149 Å². The largest absolute Gasteiger partial charge is 0.309 e. The molecule has 0 aliphatic heterocycles. The minimum absolute atomic E-state index is 0.584. The van der Waals surface area contributed by atoms with E-state index < -0.39 is 0 Å². The summed E-state index contributed by atoms with van der Waals surface area (Å²) >= 11 is 0. The van der Waals surface area contributed by atoms with E-state index in [0.717, 1.165) is 38.8 Å². The molecule has 0 unspecified atom stereocenters. The monoisotopic (exact) mass is 663 g/mol. The smallest absolute Gasteiger partial charge is 0.238 e. The lowest BCUT2D eigenvalue weighted by Gasteiger charge is -2.12. The Morgan fingerprint density at radius 3 is 1.42 bits per heavy atom. The molecule has 11 aromatic rings. The molecule has 5 nitrogen and oxygen atoms in total. The summed E-state index contributed by atoms with van der Waals surface area (Å²) in [6.45, 7) is 0. The zero-order valence-corrected chi connectivity index (χ0v) is 28.0. The molecule has 0 aliphatic rings. The van der Waals surface area contributed by atoms with Crippen molar-refractivity contribution < 1.29 is 0 Å². The summed E-state index contributed by atoms with van der Waals surface area (Å²) in [5.74, 6) is 1.85. The first kappa shape index (κ1) is 28.7. The molecule has 0 amide bonds. The summed E-state index contributed by atoms with van der Waals surface area (Å²) in [6, 6.07) is 61.9. The van der Waals surface area contributed by atoms with Crippen LogP contribution in [0.25, 0.3) is 99.6 Å². The predicted octanol–water partition coefficient (Wildman–Crippen LogP) is 11.7. The van der Waals surface area contributed by atoms with Gasteiger partial charge in [0, 0.05) is 43.7 Å². The van der Waals surface area contributed by atoms with Crippen molar-refractivity contribution in [1.29, 1.82) is 0 Å². The van der Waals surface area contributed by atoms with Gasteiger partial charge in [-0.05, 0) is 46.5 Å². The highest BCUT2D eigenvalue weighted by Gasteiger charge is 2.25. The molecule has 0 saturated carbocycles. The fourth-order valence-electron chi connectivity index (χ4n) is 8.18. The van der Waals surface area contributed by atoms with Crippen molar-refractivity contribution in [3.05, 3.63) is 176 Å². The number of rotatable bonds is 4. The SMILES string of the molecule is c1ccc(-c2nc(-c3ccccc3)nc(-n3c4ccccc4c4c5c6c7ccccc7c7ccccc7c6n(-c6ccccc6)c5ccc43)n2)cc1. The van der Waals surface area contributed by atoms with E-state index in [1.807, 2.05) is 36.4 Å². The van der Waals surface area contributed by atoms with Crippen molar-refractivity contribution in [2.45, 2.75) is 0 Å². The molecule has 0 radical (unpaired) electrons. The van der Waals surface area contributed by atoms with Crippen LogP contribution in [0.15, 0.2) is 176 Å². The van der Waals surface area contributed by atoms with E-state index in [-0.39, 0.29) is 0 Å². The van der Waals surface area contributed by atoms with Crippen molar-refractivity contribution in [2.75, 3.05) is 0 Å². The van der Waals surface area contributed by atoms with Crippen molar-refractivity contribution in [2.24, 2.45) is 0 Å². The number of nitrogens with zero attached hydrogens (tertiary/aromatic N) is 5. The first-order chi connectivity index (χ1) is 25.8. The average molecular weight is 664 g/mol. The van der Waals surface area contributed by atoms with Crippen LogP contribution in [0.4, 0.5) is 0 Å². The Bertz CT molecular complexity index is 3100. The van der Waals surface area contributed by atoms with Crippen LogP contribution < -0.4 is 0 Å². The molecule has 3 heterocycles. The van der Waals surface area contributed by atoms with Crippen molar-refractivity contribution in [1.82, 2.24) is 24.1 Å². The van der Waals surface area contributed by atoms with Crippen molar-refractivity contribution in [3.63, 3.8) is 0 Å². The number of hydrogen-bond donors (Lipinski definition) is 0. The van der Waals surface area contributed by atoms with Gasteiger partial charge < -0.3 is 4.57 Å². The van der Waals surface area contributed by atoms with E-state index >= 15 is 0 Å². The van der Waals surface area contributed by atoms with Gasteiger partial charge in [0.1, 0.15) is 0 Å².